The molecule has 3 rings (SSSR count). The summed E-state index contributed by atoms with van der Waals surface area (Å²) in [5.41, 5.74) is -0.665. The molecule has 0 spiro atoms. The summed E-state index contributed by atoms with van der Waals surface area (Å²) in [6.45, 7) is 0.625. The van der Waals surface area contributed by atoms with E-state index in [1.54, 1.807) is 18.2 Å². The second-order valence-corrected chi connectivity index (χ2v) is 7.03. The van der Waals surface area contributed by atoms with E-state index in [-0.39, 0.29) is 6.54 Å². The van der Waals surface area contributed by atoms with Crippen molar-refractivity contribution >= 4 is 10.0 Å². The second-order valence-electron chi connectivity index (χ2n) is 5.30. The van der Waals surface area contributed by atoms with Gasteiger partial charge >= 0.3 is 6.18 Å². The topological polar surface area (TPSA) is 64.6 Å². The molecular weight excluding hydrogens is 359 g/mol. The van der Waals surface area contributed by atoms with Crippen LogP contribution in [0.15, 0.2) is 47.4 Å². The van der Waals surface area contributed by atoms with Gasteiger partial charge in [-0.15, -0.1) is 0 Å². The van der Waals surface area contributed by atoms with Crippen molar-refractivity contribution in [3.05, 3.63) is 53.6 Å². The number of benzene rings is 2. The summed E-state index contributed by atoms with van der Waals surface area (Å²) < 4.78 is 76.6. The van der Waals surface area contributed by atoms with Crippen LogP contribution in [-0.2, 0) is 22.7 Å². The lowest BCUT2D eigenvalue weighted by Crippen LogP contribution is -2.26. The minimum absolute atomic E-state index is 0.175. The highest BCUT2D eigenvalue weighted by Gasteiger charge is 2.36. The first-order valence-corrected chi connectivity index (χ1v) is 8.80. The van der Waals surface area contributed by atoms with E-state index in [4.69, 9.17) is 9.47 Å². The Labute approximate surface area is 142 Å². The summed E-state index contributed by atoms with van der Waals surface area (Å²) in [5.74, 6) is 1.01. The predicted molar refractivity (Wildman–Crippen MR) is 82.9 cm³/mol. The maximum Gasteiger partial charge on any atom is 0.417 e. The molecule has 0 aromatic heterocycles. The van der Waals surface area contributed by atoms with E-state index < -0.39 is 26.7 Å². The molecule has 2 aromatic carbocycles. The normalized spacial score (nSPS) is 14.4. The van der Waals surface area contributed by atoms with Crippen LogP contribution in [0, 0.1) is 0 Å². The fourth-order valence-electron chi connectivity index (χ4n) is 2.39. The summed E-state index contributed by atoms with van der Waals surface area (Å²) in [4.78, 5) is -0.806. The van der Waals surface area contributed by atoms with Crippen molar-refractivity contribution in [3.8, 4) is 11.5 Å². The lowest BCUT2D eigenvalue weighted by Gasteiger charge is -2.19. The Morgan fingerprint density at radius 1 is 1.00 bits per heavy atom. The predicted octanol–water partition coefficient (Wildman–Crippen LogP) is 2.96. The molecule has 0 amide bonds. The first-order valence-electron chi connectivity index (χ1n) is 7.32. The SMILES string of the molecule is O=S(=O)(NCc1ccc2c(c1)OCCO2)c1ccccc1C(F)(F)F. The van der Waals surface area contributed by atoms with Gasteiger partial charge in [-0.2, -0.15) is 13.2 Å². The van der Waals surface area contributed by atoms with Gasteiger partial charge in [-0.05, 0) is 29.8 Å². The molecule has 9 heteroatoms. The minimum atomic E-state index is -4.76. The first-order chi connectivity index (χ1) is 11.8. The van der Waals surface area contributed by atoms with Crippen molar-refractivity contribution in [2.75, 3.05) is 13.2 Å². The number of hydrogen-bond donors (Lipinski definition) is 1. The number of rotatable bonds is 4. The van der Waals surface area contributed by atoms with Crippen LogP contribution in [0.1, 0.15) is 11.1 Å². The van der Waals surface area contributed by atoms with Gasteiger partial charge < -0.3 is 9.47 Å². The van der Waals surface area contributed by atoms with Gasteiger partial charge in [0.15, 0.2) is 11.5 Å². The van der Waals surface area contributed by atoms with Gasteiger partial charge in [0.05, 0.1) is 10.5 Å². The Morgan fingerprint density at radius 3 is 2.40 bits per heavy atom. The lowest BCUT2D eigenvalue weighted by molar-refractivity contribution is -0.139. The third kappa shape index (κ3) is 3.88. The molecule has 5 nitrogen and oxygen atoms in total. The third-order valence-electron chi connectivity index (χ3n) is 3.55. The van der Waals surface area contributed by atoms with Crippen molar-refractivity contribution in [1.29, 1.82) is 0 Å². The third-order valence-corrected chi connectivity index (χ3v) is 5.01. The molecule has 0 radical (unpaired) electrons. The number of halogens is 3. The number of alkyl halides is 3. The molecular formula is C16H14F3NO4S. The molecule has 1 aliphatic rings. The van der Waals surface area contributed by atoms with Crippen LogP contribution in [0.2, 0.25) is 0 Å². The fourth-order valence-corrected chi connectivity index (χ4v) is 3.63. The highest BCUT2D eigenvalue weighted by Crippen LogP contribution is 2.34. The second kappa shape index (κ2) is 6.57. The van der Waals surface area contributed by atoms with Gasteiger partial charge in [-0.1, -0.05) is 18.2 Å². The Kier molecular flexibility index (Phi) is 4.61. The summed E-state index contributed by atoms with van der Waals surface area (Å²) in [6, 6.07) is 8.88. The first kappa shape index (κ1) is 17.6. The molecule has 134 valence electrons. The molecule has 2 aromatic rings. The van der Waals surface area contributed by atoms with Crippen molar-refractivity contribution < 1.29 is 31.1 Å². The standard InChI is InChI=1S/C16H14F3NO4S/c17-16(18,19)12-3-1-2-4-15(12)25(21,22)20-10-11-5-6-13-14(9-11)24-8-7-23-13/h1-6,9,20H,7-8,10H2. The van der Waals surface area contributed by atoms with Gasteiger partial charge in [0.1, 0.15) is 13.2 Å². The Balaban J connectivity index is 1.81. The fraction of sp³-hybridized carbons (Fsp3) is 0.250. The highest BCUT2D eigenvalue weighted by atomic mass is 32.2. The zero-order chi connectivity index (χ0) is 18.1. The van der Waals surface area contributed by atoms with Crippen molar-refractivity contribution in [1.82, 2.24) is 4.72 Å². The number of sulfonamides is 1. The van der Waals surface area contributed by atoms with Gasteiger partial charge in [-0.3, -0.25) is 0 Å². The molecule has 0 saturated heterocycles. The highest BCUT2D eigenvalue weighted by molar-refractivity contribution is 7.89. The van der Waals surface area contributed by atoms with Crippen LogP contribution < -0.4 is 14.2 Å². The quantitative estimate of drug-likeness (QED) is 0.895. The average molecular weight is 373 g/mol. The van der Waals surface area contributed by atoms with Crippen LogP contribution in [0.5, 0.6) is 11.5 Å². The Morgan fingerprint density at radius 2 is 1.68 bits per heavy atom. The van der Waals surface area contributed by atoms with Crippen LogP contribution in [-0.4, -0.2) is 21.6 Å². The van der Waals surface area contributed by atoms with E-state index in [0.717, 1.165) is 18.2 Å². The molecule has 0 saturated carbocycles. The molecule has 0 aliphatic carbocycles. The summed E-state index contributed by atoms with van der Waals surface area (Å²) in [6.07, 6.45) is -4.76. The van der Waals surface area contributed by atoms with E-state index in [1.165, 1.54) is 6.07 Å². The number of nitrogens with one attached hydrogen (secondary N) is 1. The molecule has 1 N–H and O–H groups in total. The van der Waals surface area contributed by atoms with E-state index in [9.17, 15) is 21.6 Å². The smallest absolute Gasteiger partial charge is 0.417 e. The van der Waals surface area contributed by atoms with Crippen molar-refractivity contribution in [2.24, 2.45) is 0 Å². The van der Waals surface area contributed by atoms with E-state index in [1.807, 2.05) is 0 Å². The molecule has 1 aliphatic heterocycles. The molecule has 1 heterocycles. The van der Waals surface area contributed by atoms with E-state index in [0.29, 0.717) is 30.3 Å². The van der Waals surface area contributed by atoms with Crippen LogP contribution in [0.25, 0.3) is 0 Å². The Bertz CT molecular complexity index is 881. The minimum Gasteiger partial charge on any atom is -0.486 e. The summed E-state index contributed by atoms with van der Waals surface area (Å²) in [7, 11) is -4.34. The molecule has 0 unspecified atom stereocenters. The van der Waals surface area contributed by atoms with E-state index >= 15 is 0 Å². The zero-order valence-electron chi connectivity index (χ0n) is 12.8. The maximum atomic E-state index is 13.0. The van der Waals surface area contributed by atoms with Crippen LogP contribution in [0.4, 0.5) is 13.2 Å². The number of ether oxygens (including phenoxy) is 2. The molecule has 0 fully saturated rings. The molecule has 25 heavy (non-hydrogen) atoms. The largest absolute Gasteiger partial charge is 0.486 e. The number of fused-ring (bicyclic) bond motifs is 1. The molecule has 0 atom stereocenters. The van der Waals surface area contributed by atoms with Crippen molar-refractivity contribution in [2.45, 2.75) is 17.6 Å². The Hall–Kier alpha value is -2.26. The summed E-state index contributed by atoms with van der Waals surface area (Å²) >= 11 is 0. The monoisotopic (exact) mass is 373 g/mol. The molecule has 0 bridgehead atoms. The van der Waals surface area contributed by atoms with Crippen molar-refractivity contribution in [3.63, 3.8) is 0 Å². The van der Waals surface area contributed by atoms with Crippen LogP contribution >= 0.6 is 0 Å². The van der Waals surface area contributed by atoms with Crippen LogP contribution in [0.3, 0.4) is 0 Å². The van der Waals surface area contributed by atoms with E-state index in [2.05, 4.69) is 4.72 Å². The summed E-state index contributed by atoms with van der Waals surface area (Å²) in [5, 5.41) is 0. The van der Waals surface area contributed by atoms with Gasteiger partial charge in [0, 0.05) is 6.54 Å². The number of hydrogen-bond acceptors (Lipinski definition) is 4. The van der Waals surface area contributed by atoms with Gasteiger partial charge in [0.2, 0.25) is 10.0 Å². The van der Waals surface area contributed by atoms with Gasteiger partial charge in [0.25, 0.3) is 0 Å². The average Bonchev–Trinajstić information content (AvgIpc) is 2.59. The maximum absolute atomic E-state index is 13.0. The van der Waals surface area contributed by atoms with Gasteiger partial charge in [-0.25, -0.2) is 13.1 Å². The zero-order valence-corrected chi connectivity index (χ0v) is 13.7. The lowest BCUT2D eigenvalue weighted by atomic mass is 10.2.